The van der Waals surface area contributed by atoms with Crippen LogP contribution in [-0.2, 0) is 5.41 Å². The largest absolute Gasteiger partial charge is 0.339 e. The normalized spacial score (nSPS) is 40.9. The molecule has 12 heavy (non-hydrogen) atoms. The predicted molar refractivity (Wildman–Crippen MR) is 41.7 cm³/mol. The Morgan fingerprint density at radius 1 is 1.83 bits per heavy atom. The number of rotatable bonds is 1. The molecule has 1 N–H and O–H groups in total. The lowest BCUT2D eigenvalue weighted by Gasteiger charge is -2.02. The summed E-state index contributed by atoms with van der Waals surface area (Å²) in [6, 6.07) is 0. The zero-order valence-electron chi connectivity index (χ0n) is 8.58. The molecular weight excluding hydrogens is 154 g/mol. The van der Waals surface area contributed by atoms with Gasteiger partial charge in [0, 0.05) is 9.29 Å². The SMILES string of the molecule is [2H]C([2H])c1noc([C@]23CNCC2C3)n1. The van der Waals surface area contributed by atoms with Crippen LogP contribution in [-0.4, -0.2) is 23.2 Å². The van der Waals surface area contributed by atoms with Crippen molar-refractivity contribution in [3.05, 3.63) is 11.7 Å². The maximum absolute atomic E-state index is 7.15. The maximum atomic E-state index is 7.15. The number of piperidine rings is 1. The van der Waals surface area contributed by atoms with Gasteiger partial charge in [0.05, 0.1) is 5.41 Å². The molecule has 1 aliphatic carbocycles. The van der Waals surface area contributed by atoms with Gasteiger partial charge in [-0.25, -0.2) is 0 Å². The van der Waals surface area contributed by atoms with Gasteiger partial charge in [-0.15, -0.1) is 0 Å². The zero-order chi connectivity index (χ0) is 9.76. The number of aromatic nitrogens is 2. The molecule has 3 rings (SSSR count). The molecule has 1 aliphatic heterocycles. The summed E-state index contributed by atoms with van der Waals surface area (Å²) < 4.78 is 19.4. The molecule has 2 fully saturated rings. The monoisotopic (exact) mass is 167 g/mol. The predicted octanol–water partition coefficient (Wildman–Crippen LogP) is 0.239. The molecule has 2 atom stereocenters. The molecule has 0 radical (unpaired) electrons. The maximum Gasteiger partial charge on any atom is 0.234 e. The van der Waals surface area contributed by atoms with E-state index in [1.165, 1.54) is 0 Å². The van der Waals surface area contributed by atoms with Crippen molar-refractivity contribution in [3.8, 4) is 0 Å². The van der Waals surface area contributed by atoms with Crippen LogP contribution in [0.15, 0.2) is 4.52 Å². The van der Waals surface area contributed by atoms with Crippen LogP contribution in [0.2, 0.25) is 0 Å². The van der Waals surface area contributed by atoms with Crippen molar-refractivity contribution in [3.63, 3.8) is 0 Å². The number of nitrogens with one attached hydrogen (secondary N) is 1. The first-order chi connectivity index (χ1) is 6.72. The highest BCUT2D eigenvalue weighted by Crippen LogP contribution is 2.55. The quantitative estimate of drug-likeness (QED) is 0.651. The van der Waals surface area contributed by atoms with Gasteiger partial charge < -0.3 is 9.84 Å². The summed E-state index contributed by atoms with van der Waals surface area (Å²) in [5.41, 5.74) is 0.0418. The molecule has 0 bridgehead atoms. The van der Waals surface area contributed by atoms with E-state index in [0.717, 1.165) is 19.5 Å². The van der Waals surface area contributed by atoms with Crippen molar-refractivity contribution in [1.29, 1.82) is 0 Å². The van der Waals surface area contributed by atoms with Gasteiger partial charge in [0.1, 0.15) is 0 Å². The van der Waals surface area contributed by atoms with E-state index in [1.54, 1.807) is 0 Å². The Labute approximate surface area is 73.2 Å². The molecule has 4 nitrogen and oxygen atoms in total. The van der Waals surface area contributed by atoms with Crippen LogP contribution < -0.4 is 5.32 Å². The van der Waals surface area contributed by atoms with Crippen LogP contribution in [0, 0.1) is 12.8 Å². The van der Waals surface area contributed by atoms with Crippen LogP contribution in [0.1, 0.15) is 20.9 Å². The Kier molecular flexibility index (Phi) is 0.777. The summed E-state index contributed by atoms with van der Waals surface area (Å²) in [4.78, 5) is 4.11. The molecule has 0 aromatic carbocycles. The molecule has 1 aromatic heterocycles. The Morgan fingerprint density at radius 2 is 2.83 bits per heavy atom. The van der Waals surface area contributed by atoms with Crippen LogP contribution in [0.4, 0.5) is 0 Å². The van der Waals surface area contributed by atoms with Crippen molar-refractivity contribution < 1.29 is 7.26 Å². The minimum atomic E-state index is -1.14. The van der Waals surface area contributed by atoms with Crippen molar-refractivity contribution in [2.24, 2.45) is 5.92 Å². The molecule has 1 saturated heterocycles. The van der Waals surface area contributed by atoms with E-state index in [-0.39, 0.29) is 11.2 Å². The Hall–Kier alpha value is -0.900. The van der Waals surface area contributed by atoms with E-state index in [9.17, 15) is 0 Å². The second kappa shape index (κ2) is 1.88. The minimum absolute atomic E-state index is 0.0418. The summed E-state index contributed by atoms with van der Waals surface area (Å²) >= 11 is 0. The fourth-order valence-electron chi connectivity index (χ4n) is 2.11. The lowest BCUT2D eigenvalue weighted by molar-refractivity contribution is 0.343. The minimum Gasteiger partial charge on any atom is -0.339 e. The molecule has 2 aliphatic rings. The van der Waals surface area contributed by atoms with E-state index in [2.05, 4.69) is 15.5 Å². The van der Waals surface area contributed by atoms with Gasteiger partial charge in [-0.1, -0.05) is 5.16 Å². The van der Waals surface area contributed by atoms with Gasteiger partial charge in [-0.05, 0) is 25.8 Å². The van der Waals surface area contributed by atoms with Crippen LogP contribution in [0.25, 0.3) is 0 Å². The highest BCUT2D eigenvalue weighted by molar-refractivity contribution is 5.25. The molecule has 64 valence electrons. The molecule has 0 spiro atoms. The number of hydrogen-bond acceptors (Lipinski definition) is 4. The van der Waals surface area contributed by atoms with Gasteiger partial charge >= 0.3 is 0 Å². The summed E-state index contributed by atoms with van der Waals surface area (Å²) in [6.07, 6.45) is 1.10. The molecule has 1 aromatic rings. The molecule has 1 unspecified atom stereocenters. The summed E-state index contributed by atoms with van der Waals surface area (Å²) in [6.45, 7) is 0.763. The summed E-state index contributed by atoms with van der Waals surface area (Å²) in [7, 11) is 0. The number of aryl methyl sites for hydroxylation is 1. The lowest BCUT2D eigenvalue weighted by Crippen LogP contribution is -2.19. The average molecular weight is 167 g/mol. The van der Waals surface area contributed by atoms with Gasteiger partial charge in [-0.2, -0.15) is 4.98 Å². The Bertz CT molecular complexity index is 367. The van der Waals surface area contributed by atoms with Crippen LogP contribution in [0.5, 0.6) is 0 Å². The van der Waals surface area contributed by atoms with Crippen LogP contribution in [0.3, 0.4) is 0 Å². The fourth-order valence-corrected chi connectivity index (χ4v) is 2.11. The molecular formula is C8H11N3O. The summed E-state index contributed by atoms with van der Waals surface area (Å²) in [5, 5.41) is 6.92. The lowest BCUT2D eigenvalue weighted by atomic mass is 10.1. The second-order valence-electron chi connectivity index (χ2n) is 3.65. The van der Waals surface area contributed by atoms with Crippen molar-refractivity contribution in [2.75, 3.05) is 13.1 Å². The Morgan fingerprint density at radius 3 is 3.42 bits per heavy atom. The Balaban J connectivity index is 1.90. The van der Waals surface area contributed by atoms with Gasteiger partial charge in [0.15, 0.2) is 5.82 Å². The van der Waals surface area contributed by atoms with E-state index in [4.69, 9.17) is 7.26 Å². The topological polar surface area (TPSA) is 51.0 Å². The third kappa shape index (κ3) is 0.659. The molecule has 4 heteroatoms. The summed E-state index contributed by atoms with van der Waals surface area (Å²) in [5.74, 6) is 1.41. The van der Waals surface area contributed by atoms with Crippen molar-refractivity contribution in [2.45, 2.75) is 18.7 Å². The standard InChI is InChI=1S/C8H11N3O/c1-5-10-7(12-11-5)8-2-6(8)3-9-4-8/h6,9H,2-4H2,1H3/t6?,8-/m1/s1/i1D2. The number of fused-ring (bicyclic) bond motifs is 1. The fraction of sp³-hybridized carbons (Fsp3) is 0.750. The first-order valence-corrected chi connectivity index (χ1v) is 4.12. The first kappa shape index (κ1) is 4.97. The van der Waals surface area contributed by atoms with E-state index >= 15 is 0 Å². The highest BCUT2D eigenvalue weighted by atomic mass is 16.5. The molecule has 1 saturated carbocycles. The van der Waals surface area contributed by atoms with E-state index < -0.39 is 6.88 Å². The van der Waals surface area contributed by atoms with Gasteiger partial charge in [-0.3, -0.25) is 0 Å². The molecule has 0 amide bonds. The molecule has 2 heterocycles. The second-order valence-corrected chi connectivity index (χ2v) is 3.65. The average Bonchev–Trinajstić information content (AvgIpc) is 2.63. The smallest absolute Gasteiger partial charge is 0.234 e. The first-order valence-electron chi connectivity index (χ1n) is 5.27. The van der Waals surface area contributed by atoms with Crippen LogP contribution >= 0.6 is 0 Å². The number of nitrogens with zero attached hydrogens (tertiary/aromatic N) is 2. The highest BCUT2D eigenvalue weighted by Gasteiger charge is 2.62. The van der Waals surface area contributed by atoms with Crippen molar-refractivity contribution >= 4 is 0 Å². The zero-order valence-corrected chi connectivity index (χ0v) is 6.58. The number of hydrogen-bond donors (Lipinski definition) is 1. The third-order valence-corrected chi connectivity index (χ3v) is 2.93. The van der Waals surface area contributed by atoms with Crippen molar-refractivity contribution in [1.82, 2.24) is 15.5 Å². The van der Waals surface area contributed by atoms with E-state index in [0.29, 0.717) is 11.8 Å². The van der Waals surface area contributed by atoms with Gasteiger partial charge in [0.25, 0.3) is 0 Å². The third-order valence-electron chi connectivity index (χ3n) is 2.93. The van der Waals surface area contributed by atoms with E-state index in [1.807, 2.05) is 0 Å². The van der Waals surface area contributed by atoms with Gasteiger partial charge in [0.2, 0.25) is 5.89 Å².